The number of aromatic amines is 1. The minimum absolute atomic E-state index is 0.000824. The predicted octanol–water partition coefficient (Wildman–Crippen LogP) is 2.42. The van der Waals surface area contributed by atoms with Crippen molar-refractivity contribution in [2.24, 2.45) is 7.05 Å². The summed E-state index contributed by atoms with van der Waals surface area (Å²) >= 11 is 0. The number of amides is 1. The Hall–Kier alpha value is -2.76. The second-order valence-corrected chi connectivity index (χ2v) is 5.53. The van der Waals surface area contributed by atoms with Gasteiger partial charge in [-0.15, -0.1) is 0 Å². The van der Waals surface area contributed by atoms with Crippen LogP contribution in [-0.4, -0.2) is 38.7 Å². The van der Waals surface area contributed by atoms with E-state index in [1.807, 2.05) is 30.4 Å². The molecule has 0 saturated carbocycles. The van der Waals surface area contributed by atoms with Crippen LogP contribution in [0.15, 0.2) is 41.3 Å². The van der Waals surface area contributed by atoms with Gasteiger partial charge in [0.1, 0.15) is 5.69 Å². The highest BCUT2D eigenvalue weighted by atomic mass is 16.3. The van der Waals surface area contributed by atoms with Crippen LogP contribution in [0.25, 0.3) is 16.7 Å². The van der Waals surface area contributed by atoms with Gasteiger partial charge in [0, 0.05) is 44.0 Å². The van der Waals surface area contributed by atoms with Crippen molar-refractivity contribution in [3.63, 3.8) is 0 Å². The van der Waals surface area contributed by atoms with Gasteiger partial charge in [-0.3, -0.25) is 9.48 Å². The molecule has 0 saturated heterocycles. The van der Waals surface area contributed by atoms with Crippen molar-refractivity contribution in [2.75, 3.05) is 13.1 Å². The highest BCUT2D eigenvalue weighted by Crippen LogP contribution is 2.23. The zero-order valence-electron chi connectivity index (χ0n) is 12.2. The number of hydrogen-bond donors (Lipinski definition) is 1. The van der Waals surface area contributed by atoms with Crippen molar-refractivity contribution in [1.29, 1.82) is 0 Å². The van der Waals surface area contributed by atoms with E-state index in [1.165, 1.54) is 0 Å². The lowest BCUT2D eigenvalue weighted by molar-refractivity contribution is 0.0770. The second-order valence-electron chi connectivity index (χ2n) is 5.53. The van der Waals surface area contributed by atoms with Gasteiger partial charge in [-0.25, -0.2) is 0 Å². The van der Waals surface area contributed by atoms with E-state index in [2.05, 4.69) is 16.2 Å². The molecule has 0 aromatic carbocycles. The van der Waals surface area contributed by atoms with Gasteiger partial charge in [-0.2, -0.15) is 5.10 Å². The van der Waals surface area contributed by atoms with Crippen molar-refractivity contribution in [2.45, 2.75) is 6.42 Å². The molecule has 6 nitrogen and oxygen atoms in total. The third-order valence-corrected chi connectivity index (χ3v) is 3.98. The first kappa shape index (κ1) is 12.9. The molecule has 0 fully saturated rings. The van der Waals surface area contributed by atoms with Gasteiger partial charge in [0.15, 0.2) is 5.58 Å². The summed E-state index contributed by atoms with van der Waals surface area (Å²) < 4.78 is 7.08. The Morgan fingerprint density at radius 1 is 1.45 bits per heavy atom. The lowest BCUT2D eigenvalue weighted by Gasteiger charge is -2.26. The van der Waals surface area contributed by atoms with E-state index in [9.17, 15) is 4.79 Å². The van der Waals surface area contributed by atoms with Crippen LogP contribution in [0.4, 0.5) is 0 Å². The van der Waals surface area contributed by atoms with E-state index >= 15 is 0 Å². The second kappa shape index (κ2) is 4.91. The van der Waals surface area contributed by atoms with Crippen molar-refractivity contribution >= 4 is 22.6 Å². The van der Waals surface area contributed by atoms with E-state index < -0.39 is 0 Å². The van der Waals surface area contributed by atoms with E-state index in [0.29, 0.717) is 17.8 Å². The zero-order chi connectivity index (χ0) is 15.1. The van der Waals surface area contributed by atoms with Crippen LogP contribution in [0.2, 0.25) is 0 Å². The Labute approximate surface area is 127 Å². The standard InChI is InChI=1S/C16H16N4O2/c1-19-9-12(8-17-19)11-3-2-5-20(10-11)16(21)14-7-15-13(18-14)4-6-22-15/h3-4,6-9,18H,2,5,10H2,1H3. The molecule has 4 rings (SSSR count). The number of aryl methyl sites for hydroxylation is 1. The molecule has 1 aliphatic rings. The van der Waals surface area contributed by atoms with Crippen molar-refractivity contribution in [1.82, 2.24) is 19.7 Å². The minimum Gasteiger partial charge on any atom is -0.463 e. The Morgan fingerprint density at radius 2 is 2.36 bits per heavy atom. The minimum atomic E-state index is 0.000824. The molecular weight excluding hydrogens is 280 g/mol. The van der Waals surface area contributed by atoms with Crippen LogP contribution in [0.3, 0.4) is 0 Å². The molecule has 0 unspecified atom stereocenters. The molecule has 6 heteroatoms. The molecule has 1 aliphatic heterocycles. The summed E-state index contributed by atoms with van der Waals surface area (Å²) in [5.74, 6) is 0.000824. The summed E-state index contributed by atoms with van der Waals surface area (Å²) in [6.45, 7) is 1.33. The quantitative estimate of drug-likeness (QED) is 0.789. The molecule has 3 aromatic rings. The van der Waals surface area contributed by atoms with Gasteiger partial charge in [0.05, 0.1) is 18.0 Å². The van der Waals surface area contributed by atoms with Crippen LogP contribution in [0.5, 0.6) is 0 Å². The third-order valence-electron chi connectivity index (χ3n) is 3.98. The molecule has 112 valence electrons. The molecule has 0 atom stereocenters. The first-order chi connectivity index (χ1) is 10.7. The maximum Gasteiger partial charge on any atom is 0.270 e. The van der Waals surface area contributed by atoms with E-state index in [4.69, 9.17) is 4.42 Å². The van der Waals surface area contributed by atoms with Gasteiger partial charge >= 0.3 is 0 Å². The van der Waals surface area contributed by atoms with Gasteiger partial charge in [-0.1, -0.05) is 6.08 Å². The SMILES string of the molecule is Cn1cc(C2=CCCN(C(=O)c3cc4occc4[nH]3)C2)cn1. The highest BCUT2D eigenvalue weighted by Gasteiger charge is 2.22. The highest BCUT2D eigenvalue weighted by molar-refractivity contribution is 5.97. The van der Waals surface area contributed by atoms with E-state index in [1.54, 1.807) is 17.0 Å². The van der Waals surface area contributed by atoms with Crippen molar-refractivity contribution < 1.29 is 9.21 Å². The molecule has 3 aromatic heterocycles. The number of aromatic nitrogens is 3. The lowest BCUT2D eigenvalue weighted by Crippen LogP contribution is -2.35. The number of carbonyl (C=O) groups excluding carboxylic acids is 1. The maximum absolute atomic E-state index is 12.7. The van der Waals surface area contributed by atoms with Crippen LogP contribution >= 0.6 is 0 Å². The lowest BCUT2D eigenvalue weighted by atomic mass is 10.0. The molecule has 1 amide bonds. The molecular formula is C16H16N4O2. The summed E-state index contributed by atoms with van der Waals surface area (Å²) in [5.41, 5.74) is 4.34. The number of furan rings is 1. The topological polar surface area (TPSA) is 67.1 Å². The Bertz CT molecular complexity index is 839. The largest absolute Gasteiger partial charge is 0.463 e. The normalized spacial score (nSPS) is 15.3. The molecule has 4 heterocycles. The molecule has 0 bridgehead atoms. The Balaban J connectivity index is 1.57. The molecule has 0 radical (unpaired) electrons. The number of H-pyrrole nitrogens is 1. The third kappa shape index (κ3) is 2.13. The maximum atomic E-state index is 12.7. The number of rotatable bonds is 2. The van der Waals surface area contributed by atoms with Gasteiger partial charge in [0.25, 0.3) is 5.91 Å². The Morgan fingerprint density at radius 3 is 3.14 bits per heavy atom. The number of hydrogen-bond acceptors (Lipinski definition) is 3. The first-order valence-electron chi connectivity index (χ1n) is 7.24. The van der Waals surface area contributed by atoms with Crippen molar-refractivity contribution in [3.05, 3.63) is 48.1 Å². The first-order valence-corrected chi connectivity index (χ1v) is 7.24. The summed E-state index contributed by atoms with van der Waals surface area (Å²) in [6, 6.07) is 3.59. The summed E-state index contributed by atoms with van der Waals surface area (Å²) in [7, 11) is 1.89. The number of nitrogens with one attached hydrogen (secondary N) is 1. The summed E-state index contributed by atoms with van der Waals surface area (Å²) in [6.07, 6.45) is 8.46. The predicted molar refractivity (Wildman–Crippen MR) is 82.3 cm³/mol. The summed E-state index contributed by atoms with van der Waals surface area (Å²) in [5, 5.41) is 4.20. The van der Waals surface area contributed by atoms with E-state index in [0.717, 1.165) is 29.6 Å². The average Bonchev–Trinajstić information content (AvgIpc) is 3.21. The number of carbonyl (C=O) groups is 1. The molecule has 0 aliphatic carbocycles. The zero-order valence-corrected chi connectivity index (χ0v) is 12.2. The molecule has 1 N–H and O–H groups in total. The van der Waals surface area contributed by atoms with Crippen LogP contribution in [0.1, 0.15) is 22.5 Å². The van der Waals surface area contributed by atoms with Gasteiger partial charge < -0.3 is 14.3 Å². The number of fused-ring (bicyclic) bond motifs is 1. The average molecular weight is 296 g/mol. The fourth-order valence-corrected chi connectivity index (χ4v) is 2.85. The molecule has 0 spiro atoms. The smallest absolute Gasteiger partial charge is 0.270 e. The van der Waals surface area contributed by atoms with Crippen LogP contribution in [-0.2, 0) is 7.05 Å². The number of nitrogens with zero attached hydrogens (tertiary/aromatic N) is 3. The van der Waals surface area contributed by atoms with Crippen molar-refractivity contribution in [3.8, 4) is 0 Å². The van der Waals surface area contributed by atoms with Gasteiger partial charge in [-0.05, 0) is 12.0 Å². The fourth-order valence-electron chi connectivity index (χ4n) is 2.85. The van der Waals surface area contributed by atoms with Crippen LogP contribution < -0.4 is 0 Å². The summed E-state index contributed by atoms with van der Waals surface area (Å²) in [4.78, 5) is 17.6. The molecule has 22 heavy (non-hydrogen) atoms. The van der Waals surface area contributed by atoms with Crippen LogP contribution in [0, 0.1) is 0 Å². The van der Waals surface area contributed by atoms with E-state index in [-0.39, 0.29) is 5.91 Å². The fraction of sp³-hybridized carbons (Fsp3) is 0.250. The van der Waals surface area contributed by atoms with Gasteiger partial charge in [0.2, 0.25) is 0 Å². The Kier molecular flexibility index (Phi) is 2.89. The monoisotopic (exact) mass is 296 g/mol.